The number of fused-ring (bicyclic) bond motifs is 4. The second kappa shape index (κ2) is 10.1. The number of ether oxygens (including phenoxy) is 4. The molecule has 0 bridgehead atoms. The Kier molecular flexibility index (Phi) is 7.26. The van der Waals surface area contributed by atoms with E-state index in [1.165, 1.54) is 45.4 Å². The zero-order valence-electron chi connectivity index (χ0n) is 27.2. The highest BCUT2D eigenvalue weighted by Gasteiger charge is 2.80. The van der Waals surface area contributed by atoms with Crippen LogP contribution in [0.15, 0.2) is 0 Å². The van der Waals surface area contributed by atoms with E-state index in [-0.39, 0.29) is 41.7 Å². The molecule has 5 aliphatic carbocycles. The second-order valence-electron chi connectivity index (χ2n) is 17.3. The molecule has 8 heteroatoms. The number of rotatable bonds is 5. The molecule has 14 atom stereocenters. The number of carbonyl (C=O) groups is 1. The lowest BCUT2D eigenvalue weighted by molar-refractivity contribution is -0.264. The molecule has 7 aliphatic rings. The first-order chi connectivity index (χ1) is 20.1. The number of hydrogen-bond donors (Lipinski definition) is 3. The van der Waals surface area contributed by atoms with Crippen LogP contribution < -0.4 is 0 Å². The van der Waals surface area contributed by atoms with Crippen LogP contribution in [0.25, 0.3) is 0 Å². The summed E-state index contributed by atoms with van der Waals surface area (Å²) in [4.78, 5) is 11.9. The van der Waals surface area contributed by atoms with Gasteiger partial charge >= 0.3 is 5.97 Å². The Labute approximate surface area is 257 Å². The maximum absolute atomic E-state index is 11.9. The quantitative estimate of drug-likeness (QED) is 0.304. The molecule has 8 unspecified atom stereocenters. The first kappa shape index (κ1) is 30.9. The average Bonchev–Trinajstić information content (AvgIpc) is 3.50. The predicted octanol–water partition coefficient (Wildman–Crippen LogP) is 4.75. The van der Waals surface area contributed by atoms with Gasteiger partial charge in [-0.05, 0) is 123 Å². The summed E-state index contributed by atoms with van der Waals surface area (Å²) >= 11 is 0. The lowest BCUT2D eigenvalue weighted by Crippen LogP contribution is -2.56. The zero-order valence-corrected chi connectivity index (χ0v) is 27.2. The smallest absolute Gasteiger partial charge is 0.303 e. The first-order valence-corrected chi connectivity index (χ1v) is 17.3. The summed E-state index contributed by atoms with van der Waals surface area (Å²) in [5, 5.41) is 31.0. The van der Waals surface area contributed by atoms with Crippen LogP contribution in [0.2, 0.25) is 0 Å². The minimum atomic E-state index is -1.15. The molecule has 2 aliphatic heterocycles. The van der Waals surface area contributed by atoms with E-state index in [9.17, 15) is 20.1 Å². The van der Waals surface area contributed by atoms with E-state index in [1.54, 1.807) is 13.8 Å². The third-order valence-corrected chi connectivity index (χ3v) is 14.5. The molecule has 0 aromatic carbocycles. The van der Waals surface area contributed by atoms with Crippen molar-refractivity contribution in [1.29, 1.82) is 0 Å². The van der Waals surface area contributed by atoms with Crippen molar-refractivity contribution in [3.8, 4) is 0 Å². The van der Waals surface area contributed by atoms with Gasteiger partial charge in [0, 0.05) is 13.3 Å². The lowest BCUT2D eigenvalue weighted by Gasteiger charge is -2.60. The summed E-state index contributed by atoms with van der Waals surface area (Å²) in [6, 6.07) is 0. The van der Waals surface area contributed by atoms with Crippen molar-refractivity contribution >= 4 is 5.97 Å². The molecule has 7 fully saturated rings. The molecule has 244 valence electrons. The molecule has 0 radical (unpaired) electrons. The molecule has 2 spiro atoms. The van der Waals surface area contributed by atoms with Gasteiger partial charge in [0.25, 0.3) is 0 Å². The largest absolute Gasteiger partial charge is 0.457 e. The third kappa shape index (κ3) is 4.54. The van der Waals surface area contributed by atoms with Crippen LogP contribution >= 0.6 is 0 Å². The average molecular weight is 605 g/mol. The molecule has 8 nitrogen and oxygen atoms in total. The summed E-state index contributed by atoms with van der Waals surface area (Å²) in [5.74, 6) is 2.18. The Morgan fingerprint density at radius 2 is 1.65 bits per heavy atom. The highest BCUT2D eigenvalue weighted by Crippen LogP contribution is 2.87. The molecule has 5 saturated carbocycles. The number of aliphatic hydroxyl groups excluding tert-OH is 2. The molecule has 0 aromatic heterocycles. The van der Waals surface area contributed by atoms with Gasteiger partial charge in [-0.1, -0.05) is 20.8 Å². The Balaban J connectivity index is 1.07. The van der Waals surface area contributed by atoms with Gasteiger partial charge in [0.15, 0.2) is 12.4 Å². The van der Waals surface area contributed by atoms with Crippen molar-refractivity contribution in [2.45, 2.75) is 161 Å². The van der Waals surface area contributed by atoms with Gasteiger partial charge in [0.05, 0.1) is 36.6 Å². The number of hydrogen-bond acceptors (Lipinski definition) is 8. The minimum Gasteiger partial charge on any atom is -0.457 e. The van der Waals surface area contributed by atoms with E-state index in [2.05, 4.69) is 20.8 Å². The van der Waals surface area contributed by atoms with Crippen molar-refractivity contribution in [3.05, 3.63) is 0 Å². The van der Waals surface area contributed by atoms with Gasteiger partial charge in [-0.2, -0.15) is 0 Å². The van der Waals surface area contributed by atoms with E-state index >= 15 is 0 Å². The highest BCUT2D eigenvalue weighted by atomic mass is 16.7. The minimum absolute atomic E-state index is 0.0284. The fourth-order valence-corrected chi connectivity index (χ4v) is 12.6. The van der Waals surface area contributed by atoms with E-state index in [1.807, 2.05) is 0 Å². The van der Waals surface area contributed by atoms with Crippen LogP contribution in [0.4, 0.5) is 0 Å². The fraction of sp³-hybridized carbons (Fsp3) is 0.971. The highest BCUT2D eigenvalue weighted by molar-refractivity contribution is 5.66. The standard InChI is InChI=1S/C35H56O8/c1-19(36)41-30(32(4,5)39)25-9-7-21-26(42-25)15-22-20-8-10-27-31(2,3)28(43-29-16-23(37)24(38)17-40-29)11-12-35(27)18-34(20,35)14-13-33(21,22)6/h20-30,37-39H,7-18H2,1-6H3/t20?,21-,22?,23+,24?,25?,26?,27-,28-,29?,30-,33?,34-,35?/m0/s1. The van der Waals surface area contributed by atoms with E-state index in [0.29, 0.717) is 35.0 Å². The zero-order chi connectivity index (χ0) is 30.7. The monoisotopic (exact) mass is 604 g/mol. The van der Waals surface area contributed by atoms with Crippen molar-refractivity contribution in [2.24, 2.45) is 45.3 Å². The Morgan fingerprint density at radius 1 is 0.907 bits per heavy atom. The summed E-state index contributed by atoms with van der Waals surface area (Å²) in [7, 11) is 0. The van der Waals surface area contributed by atoms with Crippen LogP contribution in [-0.4, -0.2) is 76.4 Å². The van der Waals surface area contributed by atoms with E-state index in [0.717, 1.165) is 31.6 Å². The van der Waals surface area contributed by atoms with Gasteiger partial charge in [0.1, 0.15) is 6.10 Å². The van der Waals surface area contributed by atoms with Gasteiger partial charge in [0.2, 0.25) is 0 Å². The van der Waals surface area contributed by atoms with E-state index in [4.69, 9.17) is 18.9 Å². The second-order valence-corrected chi connectivity index (χ2v) is 17.3. The Morgan fingerprint density at radius 3 is 2.35 bits per heavy atom. The molecule has 2 heterocycles. The van der Waals surface area contributed by atoms with E-state index < -0.39 is 30.2 Å². The van der Waals surface area contributed by atoms with Gasteiger partial charge in [-0.3, -0.25) is 4.79 Å². The van der Waals surface area contributed by atoms with Crippen LogP contribution in [0.3, 0.4) is 0 Å². The number of esters is 1. The molecule has 2 saturated heterocycles. The molecule has 43 heavy (non-hydrogen) atoms. The molecule has 0 amide bonds. The molecule has 0 aromatic rings. The van der Waals surface area contributed by atoms with Gasteiger partial charge < -0.3 is 34.3 Å². The summed E-state index contributed by atoms with van der Waals surface area (Å²) in [6.07, 6.45) is 9.32. The normalized spacial score (nSPS) is 52.5. The number of carbonyl (C=O) groups excluding carboxylic acids is 1. The summed E-state index contributed by atoms with van der Waals surface area (Å²) in [6.45, 7) is 12.4. The third-order valence-electron chi connectivity index (χ3n) is 14.5. The van der Waals surface area contributed by atoms with Gasteiger partial charge in [-0.15, -0.1) is 0 Å². The summed E-state index contributed by atoms with van der Waals surface area (Å²) < 4.78 is 24.8. The van der Waals surface area contributed by atoms with Crippen molar-refractivity contribution in [2.75, 3.05) is 6.61 Å². The first-order valence-electron chi connectivity index (χ1n) is 17.3. The molecular formula is C35H56O8. The SMILES string of the molecule is CC(=O)O[C@@H](C1CC[C@H]2C(CC3C4CC[C@H]5C(C)(C)[C@@H](OC6C[C@@H](O)C(O)CO6)CCC56C[C@@]46CCC32C)O1)C(C)(C)O. The molecule has 7 rings (SSSR count). The Bertz CT molecular complexity index is 1100. The fourth-order valence-electron chi connectivity index (χ4n) is 12.6. The van der Waals surface area contributed by atoms with Crippen molar-refractivity contribution < 1.29 is 39.1 Å². The Hall–Kier alpha value is -0.770. The molecular weight excluding hydrogens is 548 g/mol. The maximum Gasteiger partial charge on any atom is 0.303 e. The number of aliphatic hydroxyl groups is 3. The topological polar surface area (TPSA) is 115 Å². The van der Waals surface area contributed by atoms with Crippen LogP contribution in [0, 0.1) is 45.3 Å². The van der Waals surface area contributed by atoms with Gasteiger partial charge in [-0.25, -0.2) is 0 Å². The van der Waals surface area contributed by atoms with Crippen molar-refractivity contribution in [3.63, 3.8) is 0 Å². The summed E-state index contributed by atoms with van der Waals surface area (Å²) in [5.41, 5.74) is 0.00131. The molecule has 3 N–H and O–H groups in total. The van der Waals surface area contributed by atoms with Crippen LogP contribution in [0.1, 0.15) is 112 Å². The van der Waals surface area contributed by atoms with Crippen LogP contribution in [0.5, 0.6) is 0 Å². The van der Waals surface area contributed by atoms with Crippen molar-refractivity contribution in [1.82, 2.24) is 0 Å². The lowest BCUT2D eigenvalue weighted by atomic mass is 9.46. The van der Waals surface area contributed by atoms with Crippen LogP contribution in [-0.2, 0) is 23.7 Å². The predicted molar refractivity (Wildman–Crippen MR) is 159 cm³/mol. The maximum atomic E-state index is 11.9.